The van der Waals surface area contributed by atoms with Crippen molar-refractivity contribution in [3.63, 3.8) is 0 Å². The molecule has 0 radical (unpaired) electrons. The molecule has 2 aromatic carbocycles. The standard InChI is InChI=1S/C11H7ClO3S.C11H8O4S/c1-6(13)15-7-2-3-10-8(4-7)9(5-16-10)11(12)14;1-6(12)15-7-2-3-10-8(4-7)9(5-16-10)11(13)14/h2-5H,1H3;2-5H,1H3,(H,13,14). The molecule has 0 amide bonds. The summed E-state index contributed by atoms with van der Waals surface area (Å²) in [5.74, 6) is -1.02. The maximum Gasteiger partial charge on any atom is 0.337 e. The number of esters is 2. The van der Waals surface area contributed by atoms with Crippen LogP contribution in [0.4, 0.5) is 0 Å². The summed E-state index contributed by atoms with van der Waals surface area (Å²) >= 11 is 8.21. The second-order valence-corrected chi connectivity index (χ2v) is 8.55. The molecule has 0 bridgehead atoms. The summed E-state index contributed by atoms with van der Waals surface area (Å²) in [6.07, 6.45) is 0. The van der Waals surface area contributed by atoms with E-state index in [0.717, 1.165) is 9.40 Å². The molecular weight excluding hydrogens is 476 g/mol. The van der Waals surface area contributed by atoms with Crippen molar-refractivity contribution in [3.8, 4) is 11.5 Å². The van der Waals surface area contributed by atoms with E-state index in [1.165, 1.54) is 36.5 Å². The van der Waals surface area contributed by atoms with Gasteiger partial charge in [0.05, 0.1) is 11.1 Å². The van der Waals surface area contributed by atoms with Gasteiger partial charge in [-0.1, -0.05) is 0 Å². The third-order valence-corrected chi connectivity index (χ3v) is 6.19. The molecule has 0 aliphatic heterocycles. The Hall–Kier alpha value is -3.27. The van der Waals surface area contributed by atoms with Crippen LogP contribution in [0, 0.1) is 0 Å². The molecular formula is C22H15ClO7S2. The maximum atomic E-state index is 11.1. The van der Waals surface area contributed by atoms with Gasteiger partial charge in [-0.15, -0.1) is 22.7 Å². The number of carboxylic acids is 1. The molecule has 1 N–H and O–H groups in total. The van der Waals surface area contributed by atoms with Crippen LogP contribution in [0.5, 0.6) is 11.5 Å². The van der Waals surface area contributed by atoms with E-state index in [9.17, 15) is 19.2 Å². The zero-order chi connectivity index (χ0) is 23.4. The molecule has 0 aliphatic carbocycles. The molecule has 7 nitrogen and oxygen atoms in total. The minimum atomic E-state index is -0.980. The number of fused-ring (bicyclic) bond motifs is 2. The number of carbonyl (C=O) groups excluding carboxylic acids is 3. The van der Waals surface area contributed by atoms with Gasteiger partial charge in [0.15, 0.2) is 0 Å². The summed E-state index contributed by atoms with van der Waals surface area (Å²) in [7, 11) is 0. The first-order valence-corrected chi connectivity index (χ1v) is 11.1. The number of hydrogen-bond donors (Lipinski definition) is 1. The molecule has 0 saturated heterocycles. The van der Waals surface area contributed by atoms with Crippen molar-refractivity contribution in [2.24, 2.45) is 0 Å². The third-order valence-electron chi connectivity index (χ3n) is 4.06. The van der Waals surface area contributed by atoms with E-state index >= 15 is 0 Å². The van der Waals surface area contributed by atoms with Crippen molar-refractivity contribution in [2.45, 2.75) is 13.8 Å². The molecule has 10 heteroatoms. The molecule has 4 aromatic rings. The predicted octanol–water partition coefficient (Wildman–Crippen LogP) is 5.73. The average Bonchev–Trinajstić information content (AvgIpc) is 3.31. The van der Waals surface area contributed by atoms with Crippen molar-refractivity contribution < 1.29 is 33.8 Å². The fourth-order valence-corrected chi connectivity index (χ4v) is 4.85. The summed E-state index contributed by atoms with van der Waals surface area (Å²) in [4.78, 5) is 43.6. The van der Waals surface area contributed by atoms with Crippen LogP contribution >= 0.6 is 34.3 Å². The van der Waals surface area contributed by atoms with Crippen LogP contribution in [0.2, 0.25) is 0 Å². The smallest absolute Gasteiger partial charge is 0.337 e. The maximum absolute atomic E-state index is 11.1. The van der Waals surface area contributed by atoms with Gasteiger partial charge in [0.2, 0.25) is 0 Å². The zero-order valence-corrected chi connectivity index (χ0v) is 19.1. The lowest BCUT2D eigenvalue weighted by atomic mass is 10.2. The Morgan fingerprint density at radius 2 is 1.22 bits per heavy atom. The lowest BCUT2D eigenvalue weighted by Gasteiger charge is -2.01. The molecule has 0 unspecified atom stereocenters. The summed E-state index contributed by atoms with van der Waals surface area (Å²) in [6, 6.07) is 10.1. The summed E-state index contributed by atoms with van der Waals surface area (Å²) in [6.45, 7) is 2.63. The zero-order valence-electron chi connectivity index (χ0n) is 16.7. The first-order valence-electron chi connectivity index (χ1n) is 8.98. The summed E-state index contributed by atoms with van der Waals surface area (Å²) in [5.41, 5.74) is 0.671. The van der Waals surface area contributed by atoms with E-state index in [-0.39, 0.29) is 5.56 Å². The van der Waals surface area contributed by atoms with Gasteiger partial charge >= 0.3 is 17.9 Å². The van der Waals surface area contributed by atoms with Crippen LogP contribution in [0.15, 0.2) is 47.2 Å². The van der Waals surface area contributed by atoms with Gasteiger partial charge in [0.25, 0.3) is 5.24 Å². The van der Waals surface area contributed by atoms with Crippen molar-refractivity contribution in [2.75, 3.05) is 0 Å². The number of carboxylic acid groups (broad SMARTS) is 1. The molecule has 32 heavy (non-hydrogen) atoms. The Kier molecular flexibility index (Phi) is 7.24. The van der Waals surface area contributed by atoms with Crippen LogP contribution in [0.1, 0.15) is 34.6 Å². The van der Waals surface area contributed by atoms with Gasteiger partial charge in [0, 0.05) is 44.8 Å². The number of ether oxygens (including phenoxy) is 2. The van der Waals surface area contributed by atoms with E-state index in [1.807, 2.05) is 0 Å². The van der Waals surface area contributed by atoms with Gasteiger partial charge in [-0.05, 0) is 48.0 Å². The Morgan fingerprint density at radius 1 is 0.781 bits per heavy atom. The molecule has 164 valence electrons. The Labute approximate surface area is 194 Å². The van der Waals surface area contributed by atoms with Crippen LogP contribution in [0.25, 0.3) is 20.2 Å². The predicted molar refractivity (Wildman–Crippen MR) is 123 cm³/mol. The molecule has 0 fully saturated rings. The molecule has 2 aromatic heterocycles. The first kappa shape index (κ1) is 23.4. The normalized spacial score (nSPS) is 10.3. The monoisotopic (exact) mass is 490 g/mol. The fourth-order valence-electron chi connectivity index (χ4n) is 2.79. The van der Waals surface area contributed by atoms with Crippen molar-refractivity contribution in [1.82, 2.24) is 0 Å². The molecule has 0 atom stereocenters. The van der Waals surface area contributed by atoms with Crippen LogP contribution in [0.3, 0.4) is 0 Å². The van der Waals surface area contributed by atoms with Crippen LogP contribution < -0.4 is 9.47 Å². The number of rotatable bonds is 4. The number of thiophene rings is 2. The minimum absolute atomic E-state index is 0.231. The summed E-state index contributed by atoms with van der Waals surface area (Å²) in [5, 5.41) is 13.0. The fraction of sp³-hybridized carbons (Fsp3) is 0.0909. The van der Waals surface area contributed by atoms with Gasteiger partial charge < -0.3 is 14.6 Å². The van der Waals surface area contributed by atoms with Gasteiger partial charge in [-0.25, -0.2) is 4.79 Å². The number of aromatic carboxylic acids is 1. The molecule has 2 heterocycles. The quantitative estimate of drug-likeness (QED) is 0.221. The van der Waals surface area contributed by atoms with Crippen LogP contribution in [-0.4, -0.2) is 28.3 Å². The number of benzene rings is 2. The SMILES string of the molecule is CC(=O)Oc1ccc2scc(C(=O)Cl)c2c1.CC(=O)Oc1ccc2scc(C(=O)O)c2c1. The van der Waals surface area contributed by atoms with E-state index in [2.05, 4.69) is 0 Å². The molecule has 0 spiro atoms. The highest BCUT2D eigenvalue weighted by atomic mass is 35.5. The second kappa shape index (κ2) is 9.90. The van der Waals surface area contributed by atoms with Crippen molar-refractivity contribution in [1.29, 1.82) is 0 Å². The summed E-state index contributed by atoms with van der Waals surface area (Å²) < 4.78 is 11.6. The largest absolute Gasteiger partial charge is 0.478 e. The minimum Gasteiger partial charge on any atom is -0.478 e. The lowest BCUT2D eigenvalue weighted by Crippen LogP contribution is -2.01. The van der Waals surface area contributed by atoms with E-state index in [1.54, 1.807) is 47.2 Å². The van der Waals surface area contributed by atoms with Crippen molar-refractivity contribution in [3.05, 3.63) is 58.3 Å². The highest BCUT2D eigenvalue weighted by Crippen LogP contribution is 2.31. The van der Waals surface area contributed by atoms with E-state index < -0.39 is 23.2 Å². The first-order chi connectivity index (χ1) is 15.2. The van der Waals surface area contributed by atoms with Crippen molar-refractivity contribution >= 4 is 77.6 Å². The Bertz CT molecular complexity index is 1250. The van der Waals surface area contributed by atoms with E-state index in [0.29, 0.717) is 27.8 Å². The topological polar surface area (TPSA) is 107 Å². The number of halogens is 1. The Morgan fingerprint density at radius 3 is 1.62 bits per heavy atom. The van der Waals surface area contributed by atoms with Gasteiger partial charge in [-0.3, -0.25) is 14.4 Å². The molecule has 0 saturated carbocycles. The number of carbonyl (C=O) groups is 4. The third kappa shape index (κ3) is 5.50. The highest BCUT2D eigenvalue weighted by molar-refractivity contribution is 7.18. The van der Waals surface area contributed by atoms with Gasteiger partial charge in [-0.2, -0.15) is 0 Å². The highest BCUT2D eigenvalue weighted by Gasteiger charge is 2.12. The second-order valence-electron chi connectivity index (χ2n) is 6.38. The van der Waals surface area contributed by atoms with E-state index in [4.69, 9.17) is 26.2 Å². The number of hydrogen-bond acceptors (Lipinski definition) is 8. The lowest BCUT2D eigenvalue weighted by molar-refractivity contribution is -0.132. The molecule has 4 rings (SSSR count). The average molecular weight is 491 g/mol. The van der Waals surface area contributed by atoms with Gasteiger partial charge in [0.1, 0.15) is 11.5 Å². The Balaban J connectivity index is 0.000000181. The molecule has 0 aliphatic rings. The van der Waals surface area contributed by atoms with Crippen LogP contribution in [-0.2, 0) is 9.59 Å².